The molecule has 1 aliphatic rings. The van der Waals surface area contributed by atoms with Crippen molar-refractivity contribution in [1.29, 1.82) is 0 Å². The number of hydrogen-bond acceptors (Lipinski definition) is 9. The molecule has 4 rings (SSSR count). The van der Waals surface area contributed by atoms with Crippen LogP contribution in [0.5, 0.6) is 5.75 Å². The van der Waals surface area contributed by atoms with Crippen molar-refractivity contribution < 1.29 is 23.8 Å². The average Bonchev–Trinajstić information content (AvgIpc) is 3.21. The van der Waals surface area contributed by atoms with E-state index in [-0.39, 0.29) is 18.8 Å². The molecule has 0 aliphatic carbocycles. The number of nitrogens with zero attached hydrogens (tertiary/aromatic N) is 3. The molecule has 39 heavy (non-hydrogen) atoms. The molecule has 1 atom stereocenters. The Balaban J connectivity index is 1.74. The molecule has 0 amide bonds. The van der Waals surface area contributed by atoms with E-state index in [1.54, 1.807) is 55.7 Å². The van der Waals surface area contributed by atoms with Crippen LogP contribution in [0.25, 0.3) is 6.08 Å². The van der Waals surface area contributed by atoms with E-state index in [1.807, 2.05) is 43.3 Å². The van der Waals surface area contributed by atoms with Crippen molar-refractivity contribution in [2.45, 2.75) is 26.8 Å². The highest BCUT2D eigenvalue weighted by Gasteiger charge is 2.33. The number of carbonyl (C=O) groups excluding carboxylic acids is 2. The third kappa shape index (κ3) is 6.12. The van der Waals surface area contributed by atoms with Gasteiger partial charge in [0, 0.05) is 19.8 Å². The van der Waals surface area contributed by atoms with Gasteiger partial charge in [0.1, 0.15) is 5.75 Å². The van der Waals surface area contributed by atoms with Gasteiger partial charge in [-0.3, -0.25) is 9.36 Å². The monoisotopic (exact) mass is 549 g/mol. The smallest absolute Gasteiger partial charge is 0.344 e. The van der Waals surface area contributed by atoms with Gasteiger partial charge < -0.3 is 19.1 Å². The highest BCUT2D eigenvalue weighted by Crippen LogP contribution is 2.31. The minimum absolute atomic E-state index is 0.177. The molecular formula is C29H31N3O6S. The Hall–Kier alpha value is -4.18. The second kappa shape index (κ2) is 12.1. The number of anilines is 1. The maximum absolute atomic E-state index is 13.7. The molecule has 0 unspecified atom stereocenters. The molecule has 204 valence electrons. The van der Waals surface area contributed by atoms with Crippen LogP contribution in [0.15, 0.2) is 69.6 Å². The molecule has 0 N–H and O–H groups in total. The zero-order valence-corrected chi connectivity index (χ0v) is 23.4. The van der Waals surface area contributed by atoms with Gasteiger partial charge in [0.2, 0.25) is 0 Å². The molecule has 0 saturated heterocycles. The van der Waals surface area contributed by atoms with Gasteiger partial charge in [-0.25, -0.2) is 14.6 Å². The fourth-order valence-electron chi connectivity index (χ4n) is 4.22. The molecule has 0 spiro atoms. The molecule has 0 fully saturated rings. The minimum atomic E-state index is -0.669. The molecule has 0 bridgehead atoms. The van der Waals surface area contributed by atoms with E-state index in [1.165, 1.54) is 11.3 Å². The van der Waals surface area contributed by atoms with Crippen molar-refractivity contribution in [1.82, 2.24) is 4.57 Å². The number of aromatic nitrogens is 1. The highest BCUT2D eigenvalue weighted by molar-refractivity contribution is 7.07. The van der Waals surface area contributed by atoms with Crippen molar-refractivity contribution in [2.24, 2.45) is 4.99 Å². The summed E-state index contributed by atoms with van der Waals surface area (Å²) in [5, 5.41) is 0. The second-order valence-corrected chi connectivity index (χ2v) is 9.96. The Morgan fingerprint density at radius 2 is 1.69 bits per heavy atom. The lowest BCUT2D eigenvalue weighted by Crippen LogP contribution is -2.39. The summed E-state index contributed by atoms with van der Waals surface area (Å²) in [5.74, 6) is -0.420. The van der Waals surface area contributed by atoms with E-state index in [0.717, 1.165) is 16.8 Å². The molecule has 2 aromatic carbocycles. The van der Waals surface area contributed by atoms with Gasteiger partial charge in [-0.15, -0.1) is 0 Å². The summed E-state index contributed by atoms with van der Waals surface area (Å²) in [6.07, 6.45) is 1.77. The number of esters is 2. The molecule has 1 aliphatic heterocycles. The van der Waals surface area contributed by atoms with E-state index in [4.69, 9.17) is 14.2 Å². The summed E-state index contributed by atoms with van der Waals surface area (Å²) < 4.78 is 17.7. The molecule has 1 aromatic heterocycles. The van der Waals surface area contributed by atoms with Gasteiger partial charge in [0.05, 0.1) is 35.1 Å². The van der Waals surface area contributed by atoms with Crippen molar-refractivity contribution in [3.8, 4) is 5.75 Å². The largest absolute Gasteiger partial charge is 0.482 e. The Morgan fingerprint density at radius 3 is 2.31 bits per heavy atom. The summed E-state index contributed by atoms with van der Waals surface area (Å²) in [6, 6.07) is 14.1. The number of rotatable bonds is 9. The summed E-state index contributed by atoms with van der Waals surface area (Å²) in [7, 11) is 3.90. The van der Waals surface area contributed by atoms with Crippen LogP contribution in [-0.2, 0) is 19.1 Å². The van der Waals surface area contributed by atoms with Crippen molar-refractivity contribution >= 4 is 35.0 Å². The van der Waals surface area contributed by atoms with Gasteiger partial charge >= 0.3 is 11.9 Å². The first-order valence-corrected chi connectivity index (χ1v) is 13.4. The van der Waals surface area contributed by atoms with Crippen LogP contribution < -0.4 is 24.5 Å². The van der Waals surface area contributed by atoms with E-state index in [0.29, 0.717) is 33.0 Å². The maximum atomic E-state index is 13.7. The van der Waals surface area contributed by atoms with Crippen LogP contribution in [-0.4, -0.2) is 50.4 Å². The predicted octanol–water partition coefficient (Wildman–Crippen LogP) is 2.81. The van der Waals surface area contributed by atoms with Gasteiger partial charge in [-0.05, 0) is 62.2 Å². The minimum Gasteiger partial charge on any atom is -0.482 e. The standard InChI is InChI=1S/C29H31N3O6S/c1-6-36-24(33)17-38-22-14-8-19(9-15-22)16-23-27(34)32-26(20-10-12-21(13-11-20)31(4)5)25(28(35)37-7-2)18(3)30-29(32)39-23/h8-16,26H,6-7,17H2,1-5H3/b23-16-/t26-/m1/s1. The number of ether oxygens (including phenoxy) is 3. The zero-order chi connectivity index (χ0) is 28.1. The fourth-order valence-corrected chi connectivity index (χ4v) is 5.26. The molecule has 0 saturated carbocycles. The van der Waals surface area contributed by atoms with Crippen molar-refractivity contribution in [3.05, 3.63) is 90.6 Å². The first-order valence-electron chi connectivity index (χ1n) is 12.6. The van der Waals surface area contributed by atoms with Crippen LogP contribution in [0.1, 0.15) is 37.9 Å². The SMILES string of the molecule is CCOC(=O)COc1ccc(/C=c2\sc3n(c2=O)[C@H](c2ccc(N(C)C)cc2)C(C(=O)OCC)=C(C)N=3)cc1. The Bertz CT molecular complexity index is 1570. The molecular weight excluding hydrogens is 518 g/mol. The second-order valence-electron chi connectivity index (χ2n) is 8.95. The third-order valence-electron chi connectivity index (χ3n) is 6.08. The highest BCUT2D eigenvalue weighted by atomic mass is 32.1. The number of hydrogen-bond donors (Lipinski definition) is 0. The number of fused-ring (bicyclic) bond motifs is 1. The van der Waals surface area contributed by atoms with Crippen molar-refractivity contribution in [2.75, 3.05) is 38.8 Å². The molecule has 0 radical (unpaired) electrons. The summed E-state index contributed by atoms with van der Waals surface area (Å²) >= 11 is 1.26. The van der Waals surface area contributed by atoms with Crippen LogP contribution in [0, 0.1) is 0 Å². The van der Waals surface area contributed by atoms with Crippen LogP contribution >= 0.6 is 11.3 Å². The average molecular weight is 550 g/mol. The first kappa shape index (κ1) is 27.8. The van der Waals surface area contributed by atoms with Crippen LogP contribution in [0.4, 0.5) is 5.69 Å². The third-order valence-corrected chi connectivity index (χ3v) is 7.07. The molecule has 10 heteroatoms. The van der Waals surface area contributed by atoms with Crippen LogP contribution in [0.2, 0.25) is 0 Å². The quantitative estimate of drug-likeness (QED) is 0.379. The molecule has 9 nitrogen and oxygen atoms in total. The van der Waals surface area contributed by atoms with E-state index >= 15 is 0 Å². The number of benzene rings is 2. The Morgan fingerprint density at radius 1 is 1.03 bits per heavy atom. The lowest BCUT2D eigenvalue weighted by molar-refractivity contribution is -0.145. The number of carbonyl (C=O) groups is 2. The molecule has 3 aromatic rings. The normalized spacial score (nSPS) is 14.9. The Labute approximate surface area is 230 Å². The van der Waals surface area contributed by atoms with Gasteiger partial charge in [-0.1, -0.05) is 35.6 Å². The van der Waals surface area contributed by atoms with Gasteiger partial charge in [0.15, 0.2) is 11.4 Å². The topological polar surface area (TPSA) is 99.4 Å². The zero-order valence-electron chi connectivity index (χ0n) is 22.6. The fraction of sp³-hybridized carbons (Fsp3) is 0.310. The summed E-state index contributed by atoms with van der Waals surface area (Å²) in [5.41, 5.74) is 3.17. The van der Waals surface area contributed by atoms with Gasteiger partial charge in [0.25, 0.3) is 5.56 Å². The predicted molar refractivity (Wildman–Crippen MR) is 150 cm³/mol. The lowest BCUT2D eigenvalue weighted by atomic mass is 9.95. The van der Waals surface area contributed by atoms with E-state index in [2.05, 4.69) is 4.99 Å². The maximum Gasteiger partial charge on any atom is 0.344 e. The Kier molecular flexibility index (Phi) is 8.65. The van der Waals surface area contributed by atoms with Crippen LogP contribution in [0.3, 0.4) is 0 Å². The lowest BCUT2D eigenvalue weighted by Gasteiger charge is -2.25. The van der Waals surface area contributed by atoms with Crippen molar-refractivity contribution in [3.63, 3.8) is 0 Å². The van der Waals surface area contributed by atoms with Gasteiger partial charge in [-0.2, -0.15) is 0 Å². The summed E-state index contributed by atoms with van der Waals surface area (Å²) in [6.45, 7) is 5.58. The van der Waals surface area contributed by atoms with E-state index in [9.17, 15) is 14.4 Å². The number of thiazole rings is 1. The first-order chi connectivity index (χ1) is 18.7. The van der Waals surface area contributed by atoms with E-state index < -0.39 is 18.0 Å². The summed E-state index contributed by atoms with van der Waals surface area (Å²) in [4.78, 5) is 45.4. The molecule has 2 heterocycles. The number of allylic oxidation sites excluding steroid dienone is 1.